The predicted molar refractivity (Wildman–Crippen MR) is 80.6 cm³/mol. The molecule has 1 N–H and O–H groups in total. The third-order valence-corrected chi connectivity index (χ3v) is 5.29. The third-order valence-electron chi connectivity index (χ3n) is 3.25. The highest BCUT2D eigenvalue weighted by Gasteiger charge is 2.21. The second kappa shape index (κ2) is 7.03. The number of thiophene rings is 1. The van der Waals surface area contributed by atoms with Gasteiger partial charge in [-0.2, -0.15) is 11.8 Å². The van der Waals surface area contributed by atoms with Crippen molar-refractivity contribution in [3.8, 4) is 0 Å². The number of hydrogen-bond acceptors (Lipinski definition) is 3. The molecule has 96 valence electrons. The summed E-state index contributed by atoms with van der Waals surface area (Å²) >= 11 is 9.81. The molecule has 0 spiro atoms. The first-order valence-corrected chi connectivity index (χ1v) is 8.90. The molecule has 0 aliphatic heterocycles. The molecule has 1 heterocycles. The number of halogens is 1. The normalized spacial score (nSPS) is 19.3. The molecule has 1 unspecified atom stereocenters. The summed E-state index contributed by atoms with van der Waals surface area (Å²) in [5, 5.41) is 3.69. The van der Waals surface area contributed by atoms with Gasteiger partial charge < -0.3 is 5.32 Å². The van der Waals surface area contributed by atoms with Gasteiger partial charge in [-0.15, -0.1) is 11.3 Å². The first-order valence-electron chi connectivity index (χ1n) is 6.31. The van der Waals surface area contributed by atoms with Gasteiger partial charge in [0.1, 0.15) is 0 Å². The average molecular weight is 290 g/mol. The van der Waals surface area contributed by atoms with Crippen LogP contribution in [0.5, 0.6) is 0 Å². The molecule has 2 rings (SSSR count). The van der Waals surface area contributed by atoms with Gasteiger partial charge in [0.15, 0.2) is 0 Å². The Kier molecular flexibility index (Phi) is 5.67. The van der Waals surface area contributed by atoms with Gasteiger partial charge in [-0.05, 0) is 62.3 Å². The molecule has 0 fully saturated rings. The highest BCUT2D eigenvalue weighted by Crippen LogP contribution is 2.37. The summed E-state index contributed by atoms with van der Waals surface area (Å²) in [4.78, 5) is 1.50. The Balaban J connectivity index is 1.82. The molecule has 0 aromatic carbocycles. The Hall–Kier alpha value is 0.300. The van der Waals surface area contributed by atoms with E-state index in [0.717, 1.165) is 10.9 Å². The maximum atomic E-state index is 6.11. The molecule has 1 aromatic heterocycles. The molecule has 1 nitrogen and oxygen atoms in total. The van der Waals surface area contributed by atoms with Crippen molar-refractivity contribution in [2.45, 2.75) is 38.1 Å². The maximum Gasteiger partial charge on any atom is 0.0934 e. The Morgan fingerprint density at radius 3 is 3.24 bits per heavy atom. The van der Waals surface area contributed by atoms with E-state index in [9.17, 15) is 0 Å². The van der Waals surface area contributed by atoms with E-state index >= 15 is 0 Å². The zero-order valence-electron chi connectivity index (χ0n) is 10.3. The third kappa shape index (κ3) is 3.88. The largest absolute Gasteiger partial charge is 0.310 e. The lowest BCUT2D eigenvalue weighted by atomic mass is 9.94. The molecule has 17 heavy (non-hydrogen) atoms. The number of hydrogen-bond donors (Lipinski definition) is 1. The van der Waals surface area contributed by atoms with E-state index in [-0.39, 0.29) is 0 Å². The molecular formula is C13H20ClNS2. The minimum Gasteiger partial charge on any atom is -0.310 e. The molecule has 0 saturated carbocycles. The minimum atomic E-state index is 0.553. The van der Waals surface area contributed by atoms with Crippen molar-refractivity contribution in [2.75, 3.05) is 18.6 Å². The van der Waals surface area contributed by atoms with E-state index < -0.39 is 0 Å². The first-order chi connectivity index (χ1) is 8.31. The maximum absolute atomic E-state index is 6.11. The molecule has 0 amide bonds. The van der Waals surface area contributed by atoms with Crippen LogP contribution < -0.4 is 5.32 Å². The van der Waals surface area contributed by atoms with Crippen molar-refractivity contribution in [3.63, 3.8) is 0 Å². The lowest BCUT2D eigenvalue weighted by molar-refractivity contribution is 0.459. The van der Waals surface area contributed by atoms with Crippen molar-refractivity contribution in [1.82, 2.24) is 5.32 Å². The van der Waals surface area contributed by atoms with E-state index in [0.29, 0.717) is 6.04 Å². The van der Waals surface area contributed by atoms with E-state index in [2.05, 4.69) is 17.6 Å². The molecule has 4 heteroatoms. The molecule has 0 saturated heterocycles. The molecule has 1 aliphatic rings. The summed E-state index contributed by atoms with van der Waals surface area (Å²) in [5.41, 5.74) is 1.47. The minimum absolute atomic E-state index is 0.553. The monoisotopic (exact) mass is 289 g/mol. The Labute approximate surface area is 117 Å². The van der Waals surface area contributed by atoms with Crippen molar-refractivity contribution < 1.29 is 0 Å². The van der Waals surface area contributed by atoms with Gasteiger partial charge in [0.05, 0.1) is 4.34 Å². The SMILES string of the molecule is CSCCCCNC1CCCc2sc(Cl)cc21. The molecule has 1 aromatic rings. The Bertz CT molecular complexity index is 351. The van der Waals surface area contributed by atoms with Crippen LogP contribution in [0.4, 0.5) is 0 Å². The quantitative estimate of drug-likeness (QED) is 0.773. The summed E-state index contributed by atoms with van der Waals surface area (Å²) in [6, 6.07) is 2.72. The van der Waals surface area contributed by atoms with Crippen LogP contribution in [0.1, 0.15) is 42.2 Å². The highest BCUT2D eigenvalue weighted by molar-refractivity contribution is 7.98. The smallest absolute Gasteiger partial charge is 0.0934 e. The Morgan fingerprint density at radius 1 is 1.53 bits per heavy atom. The number of fused-ring (bicyclic) bond motifs is 1. The van der Waals surface area contributed by atoms with Gasteiger partial charge in [-0.25, -0.2) is 0 Å². The van der Waals surface area contributed by atoms with E-state index in [4.69, 9.17) is 11.6 Å². The molecule has 1 atom stereocenters. The summed E-state index contributed by atoms with van der Waals surface area (Å²) in [7, 11) is 0. The van der Waals surface area contributed by atoms with Crippen molar-refractivity contribution in [2.24, 2.45) is 0 Å². The van der Waals surface area contributed by atoms with Crippen LogP contribution in [0, 0.1) is 0 Å². The van der Waals surface area contributed by atoms with Gasteiger partial charge in [0.2, 0.25) is 0 Å². The van der Waals surface area contributed by atoms with Gasteiger partial charge in [0, 0.05) is 10.9 Å². The summed E-state index contributed by atoms with van der Waals surface area (Å²) < 4.78 is 0.950. The molecule has 0 radical (unpaired) electrons. The fourth-order valence-corrected chi connectivity index (χ4v) is 4.26. The fraction of sp³-hybridized carbons (Fsp3) is 0.692. The fourth-order valence-electron chi connectivity index (χ4n) is 2.38. The second-order valence-corrected chi connectivity index (χ2v) is 7.28. The predicted octanol–water partition coefficient (Wildman–Crippen LogP) is 4.51. The zero-order valence-corrected chi connectivity index (χ0v) is 12.7. The highest BCUT2D eigenvalue weighted by atomic mass is 35.5. The Morgan fingerprint density at radius 2 is 2.41 bits per heavy atom. The zero-order chi connectivity index (χ0) is 12.1. The van der Waals surface area contributed by atoms with Crippen LogP contribution in [0.3, 0.4) is 0 Å². The van der Waals surface area contributed by atoms with Gasteiger partial charge >= 0.3 is 0 Å². The summed E-state index contributed by atoms with van der Waals surface area (Å²) in [6.45, 7) is 1.14. The van der Waals surface area contributed by atoms with Crippen LogP contribution in [0.15, 0.2) is 6.07 Å². The molecule has 1 aliphatic carbocycles. The van der Waals surface area contributed by atoms with Crippen molar-refractivity contribution in [1.29, 1.82) is 0 Å². The lowest BCUT2D eigenvalue weighted by Gasteiger charge is -2.23. The van der Waals surface area contributed by atoms with Gasteiger partial charge in [0.25, 0.3) is 0 Å². The van der Waals surface area contributed by atoms with Crippen LogP contribution in [0.25, 0.3) is 0 Å². The molecule has 0 bridgehead atoms. The van der Waals surface area contributed by atoms with Crippen LogP contribution >= 0.6 is 34.7 Å². The summed E-state index contributed by atoms with van der Waals surface area (Å²) in [6.07, 6.45) is 8.56. The van der Waals surface area contributed by atoms with Crippen LogP contribution in [-0.2, 0) is 6.42 Å². The lowest BCUT2D eigenvalue weighted by Crippen LogP contribution is -2.25. The number of thioether (sulfide) groups is 1. The van der Waals surface area contributed by atoms with E-state index in [1.54, 1.807) is 11.3 Å². The average Bonchev–Trinajstić information content (AvgIpc) is 2.70. The second-order valence-electron chi connectivity index (χ2n) is 4.53. The number of nitrogens with one attached hydrogen (secondary N) is 1. The molecular weight excluding hydrogens is 270 g/mol. The van der Waals surface area contributed by atoms with Gasteiger partial charge in [-0.3, -0.25) is 0 Å². The first kappa shape index (κ1) is 13.7. The van der Waals surface area contributed by atoms with E-state index in [1.165, 1.54) is 48.3 Å². The summed E-state index contributed by atoms with van der Waals surface area (Å²) in [5.74, 6) is 1.28. The number of unbranched alkanes of at least 4 members (excludes halogenated alkanes) is 1. The van der Waals surface area contributed by atoms with E-state index in [1.807, 2.05) is 11.8 Å². The van der Waals surface area contributed by atoms with Crippen LogP contribution in [-0.4, -0.2) is 18.6 Å². The van der Waals surface area contributed by atoms with Crippen molar-refractivity contribution >= 4 is 34.7 Å². The number of aryl methyl sites for hydroxylation is 1. The topological polar surface area (TPSA) is 12.0 Å². The van der Waals surface area contributed by atoms with Crippen LogP contribution in [0.2, 0.25) is 4.34 Å². The van der Waals surface area contributed by atoms with Gasteiger partial charge in [-0.1, -0.05) is 11.6 Å². The number of rotatable bonds is 6. The standard InChI is InChI=1S/C13H20ClNS2/c1-16-8-3-2-7-15-11-5-4-6-12-10(11)9-13(14)17-12/h9,11,15H,2-8H2,1H3. The van der Waals surface area contributed by atoms with Crippen molar-refractivity contribution in [3.05, 3.63) is 20.8 Å².